The molecule has 0 amide bonds. The van der Waals surface area contributed by atoms with Crippen LogP contribution in [0.1, 0.15) is 44.3 Å². The minimum Gasteiger partial charge on any atom is -0.353 e. The molecular formula is C25H30N2O2. The van der Waals surface area contributed by atoms with Crippen LogP contribution in [0.3, 0.4) is 0 Å². The fourth-order valence-electron chi connectivity index (χ4n) is 3.79. The molecule has 2 heterocycles. The standard InChI is InChI=1S/C25H30N2O2/c1-4-12-20(13-5-1)24-25(21-14-6-2-7-15-21)27-22(26-24)16-8-3-10-18-28-23-17-9-11-19-29-23/h1-2,4-7,12-15,23H,3,8-11,16-19H2,(H,26,27). The number of benzene rings is 2. The van der Waals surface area contributed by atoms with E-state index in [4.69, 9.17) is 14.5 Å². The minimum absolute atomic E-state index is 0.0238. The molecule has 4 rings (SSSR count). The highest BCUT2D eigenvalue weighted by Gasteiger charge is 2.15. The first-order chi connectivity index (χ1) is 14.4. The van der Waals surface area contributed by atoms with Gasteiger partial charge in [-0.2, -0.15) is 0 Å². The molecule has 0 bridgehead atoms. The molecule has 1 aliphatic heterocycles. The van der Waals surface area contributed by atoms with E-state index in [-0.39, 0.29) is 6.29 Å². The molecule has 4 heteroatoms. The third kappa shape index (κ3) is 5.55. The number of ether oxygens (including phenoxy) is 2. The van der Waals surface area contributed by atoms with Crippen LogP contribution in [0.2, 0.25) is 0 Å². The van der Waals surface area contributed by atoms with Gasteiger partial charge in [0.25, 0.3) is 0 Å². The number of aryl methyl sites for hydroxylation is 1. The third-order valence-corrected chi connectivity index (χ3v) is 5.36. The van der Waals surface area contributed by atoms with Crippen molar-refractivity contribution < 1.29 is 9.47 Å². The number of hydrogen-bond acceptors (Lipinski definition) is 3. The molecule has 1 fully saturated rings. The SMILES string of the molecule is c1ccc(-c2nc(CCCCCOC3CCCCO3)[nH]c2-c2ccccc2)cc1. The Bertz CT molecular complexity index is 798. The van der Waals surface area contributed by atoms with Crippen LogP contribution in [0, 0.1) is 0 Å². The van der Waals surface area contributed by atoms with Crippen LogP contribution in [0.25, 0.3) is 22.5 Å². The average Bonchev–Trinajstić information content (AvgIpc) is 3.22. The van der Waals surface area contributed by atoms with Gasteiger partial charge in [0, 0.05) is 30.8 Å². The zero-order chi connectivity index (χ0) is 19.7. The molecule has 1 aromatic heterocycles. The van der Waals surface area contributed by atoms with Gasteiger partial charge in [0.2, 0.25) is 0 Å². The molecule has 1 atom stereocenters. The normalized spacial score (nSPS) is 16.8. The summed E-state index contributed by atoms with van der Waals surface area (Å²) in [6.07, 6.45) is 7.70. The number of aromatic amines is 1. The summed E-state index contributed by atoms with van der Waals surface area (Å²) in [6, 6.07) is 20.9. The average molecular weight is 391 g/mol. The second-order valence-corrected chi connectivity index (χ2v) is 7.62. The van der Waals surface area contributed by atoms with Gasteiger partial charge in [-0.25, -0.2) is 4.98 Å². The first-order valence-corrected chi connectivity index (χ1v) is 10.8. The van der Waals surface area contributed by atoms with Crippen LogP contribution in [0.4, 0.5) is 0 Å². The first-order valence-electron chi connectivity index (χ1n) is 10.8. The van der Waals surface area contributed by atoms with Crippen molar-refractivity contribution in [3.63, 3.8) is 0 Å². The van der Waals surface area contributed by atoms with Crippen LogP contribution in [0.15, 0.2) is 60.7 Å². The molecule has 4 nitrogen and oxygen atoms in total. The van der Waals surface area contributed by atoms with Crippen LogP contribution in [-0.4, -0.2) is 29.5 Å². The second-order valence-electron chi connectivity index (χ2n) is 7.62. The Morgan fingerprint density at radius 1 is 0.897 bits per heavy atom. The summed E-state index contributed by atoms with van der Waals surface area (Å²) in [5, 5.41) is 0. The van der Waals surface area contributed by atoms with Crippen molar-refractivity contribution in [3.8, 4) is 22.5 Å². The zero-order valence-electron chi connectivity index (χ0n) is 17.0. The lowest BCUT2D eigenvalue weighted by atomic mass is 10.1. The summed E-state index contributed by atoms with van der Waals surface area (Å²) in [7, 11) is 0. The lowest BCUT2D eigenvalue weighted by Crippen LogP contribution is -2.22. The lowest BCUT2D eigenvalue weighted by Gasteiger charge is -2.22. The predicted octanol–water partition coefficient (Wildman–Crippen LogP) is 6.00. The summed E-state index contributed by atoms with van der Waals surface area (Å²) < 4.78 is 11.4. The van der Waals surface area contributed by atoms with Crippen molar-refractivity contribution in [2.24, 2.45) is 0 Å². The number of unbranched alkanes of at least 4 members (excludes halogenated alkanes) is 2. The molecule has 2 aromatic carbocycles. The Labute approximate surface area is 173 Å². The zero-order valence-corrected chi connectivity index (χ0v) is 17.0. The molecule has 0 saturated carbocycles. The van der Waals surface area contributed by atoms with Crippen molar-refractivity contribution in [3.05, 3.63) is 66.5 Å². The molecular weight excluding hydrogens is 360 g/mol. The Kier molecular flexibility index (Phi) is 7.11. The van der Waals surface area contributed by atoms with E-state index >= 15 is 0 Å². The van der Waals surface area contributed by atoms with Gasteiger partial charge in [-0.15, -0.1) is 0 Å². The second kappa shape index (κ2) is 10.4. The number of aromatic nitrogens is 2. The van der Waals surface area contributed by atoms with Crippen molar-refractivity contribution in [2.75, 3.05) is 13.2 Å². The van der Waals surface area contributed by atoms with Gasteiger partial charge in [0.1, 0.15) is 5.82 Å². The Morgan fingerprint density at radius 2 is 1.66 bits per heavy atom. The van der Waals surface area contributed by atoms with Gasteiger partial charge >= 0.3 is 0 Å². The third-order valence-electron chi connectivity index (χ3n) is 5.36. The molecule has 1 saturated heterocycles. The molecule has 152 valence electrons. The van der Waals surface area contributed by atoms with Crippen molar-refractivity contribution >= 4 is 0 Å². The van der Waals surface area contributed by atoms with Crippen molar-refractivity contribution in [1.29, 1.82) is 0 Å². The van der Waals surface area contributed by atoms with Gasteiger partial charge in [-0.1, -0.05) is 67.1 Å². The molecule has 1 N–H and O–H groups in total. The summed E-state index contributed by atoms with van der Waals surface area (Å²) in [5.74, 6) is 1.05. The minimum atomic E-state index is 0.0238. The largest absolute Gasteiger partial charge is 0.353 e. The molecule has 0 radical (unpaired) electrons. The van der Waals surface area contributed by atoms with Crippen LogP contribution in [-0.2, 0) is 15.9 Å². The van der Waals surface area contributed by atoms with E-state index in [0.29, 0.717) is 0 Å². The molecule has 1 unspecified atom stereocenters. The van der Waals surface area contributed by atoms with Gasteiger partial charge < -0.3 is 14.5 Å². The highest BCUT2D eigenvalue weighted by molar-refractivity contribution is 5.78. The first kappa shape index (κ1) is 19.9. The lowest BCUT2D eigenvalue weighted by molar-refractivity contribution is -0.162. The van der Waals surface area contributed by atoms with Gasteiger partial charge in [0.15, 0.2) is 6.29 Å². The number of hydrogen-bond donors (Lipinski definition) is 1. The summed E-state index contributed by atoms with van der Waals surface area (Å²) in [6.45, 7) is 1.63. The highest BCUT2D eigenvalue weighted by atomic mass is 16.7. The number of H-pyrrole nitrogens is 1. The van der Waals surface area contributed by atoms with E-state index in [1.807, 2.05) is 12.1 Å². The van der Waals surface area contributed by atoms with E-state index in [2.05, 4.69) is 53.5 Å². The van der Waals surface area contributed by atoms with E-state index < -0.39 is 0 Å². The van der Waals surface area contributed by atoms with Crippen LogP contribution in [0.5, 0.6) is 0 Å². The quantitative estimate of drug-likeness (QED) is 0.456. The summed E-state index contributed by atoms with van der Waals surface area (Å²) in [4.78, 5) is 8.52. The fraction of sp³-hybridized carbons (Fsp3) is 0.400. The topological polar surface area (TPSA) is 47.1 Å². The maximum Gasteiger partial charge on any atom is 0.157 e. The molecule has 0 aliphatic carbocycles. The van der Waals surface area contributed by atoms with Crippen LogP contribution >= 0.6 is 0 Å². The van der Waals surface area contributed by atoms with E-state index in [1.165, 1.54) is 18.4 Å². The predicted molar refractivity (Wildman–Crippen MR) is 117 cm³/mol. The molecule has 0 spiro atoms. The molecule has 29 heavy (non-hydrogen) atoms. The van der Waals surface area contributed by atoms with Crippen LogP contribution < -0.4 is 0 Å². The van der Waals surface area contributed by atoms with E-state index in [9.17, 15) is 0 Å². The van der Waals surface area contributed by atoms with Crippen molar-refractivity contribution in [2.45, 2.75) is 51.2 Å². The van der Waals surface area contributed by atoms with Crippen molar-refractivity contribution in [1.82, 2.24) is 9.97 Å². The Balaban J connectivity index is 1.33. The monoisotopic (exact) mass is 390 g/mol. The number of imidazole rings is 1. The maximum atomic E-state index is 5.83. The molecule has 1 aliphatic rings. The summed E-state index contributed by atoms with van der Waals surface area (Å²) in [5.41, 5.74) is 4.45. The number of nitrogens with zero attached hydrogens (tertiary/aromatic N) is 1. The summed E-state index contributed by atoms with van der Waals surface area (Å²) >= 11 is 0. The van der Waals surface area contributed by atoms with E-state index in [0.717, 1.165) is 68.1 Å². The number of rotatable bonds is 9. The Hall–Kier alpha value is -2.43. The van der Waals surface area contributed by atoms with E-state index in [1.54, 1.807) is 0 Å². The highest BCUT2D eigenvalue weighted by Crippen LogP contribution is 2.30. The Morgan fingerprint density at radius 3 is 2.38 bits per heavy atom. The number of nitrogens with one attached hydrogen (secondary N) is 1. The maximum absolute atomic E-state index is 5.83. The molecule has 3 aromatic rings. The van der Waals surface area contributed by atoms with Gasteiger partial charge in [-0.05, 0) is 32.1 Å². The van der Waals surface area contributed by atoms with Gasteiger partial charge in [-0.3, -0.25) is 0 Å². The van der Waals surface area contributed by atoms with Gasteiger partial charge in [0.05, 0.1) is 11.4 Å². The smallest absolute Gasteiger partial charge is 0.157 e. The fourth-order valence-corrected chi connectivity index (χ4v) is 3.79.